The highest BCUT2D eigenvalue weighted by Crippen LogP contribution is 2.29. The maximum atomic E-state index is 11.9. The zero-order valence-corrected chi connectivity index (χ0v) is 12.4. The molecule has 1 saturated carbocycles. The van der Waals surface area contributed by atoms with E-state index >= 15 is 0 Å². The summed E-state index contributed by atoms with van der Waals surface area (Å²) in [5.41, 5.74) is 0.664. The number of nitrogens with one attached hydrogen (secondary N) is 1. The highest BCUT2D eigenvalue weighted by atomic mass is 32.2. The third kappa shape index (κ3) is 3.56. The van der Waals surface area contributed by atoms with Crippen LogP contribution in [0.1, 0.15) is 32.6 Å². The molecule has 6 heteroatoms. The molecule has 0 saturated heterocycles. The normalized spacial score (nSPS) is 24.1. The van der Waals surface area contributed by atoms with Gasteiger partial charge in [-0.3, -0.25) is 14.3 Å². The monoisotopic (exact) mass is 296 g/mol. The quantitative estimate of drug-likeness (QED) is 0.669. The molecule has 1 aliphatic rings. The van der Waals surface area contributed by atoms with Crippen LogP contribution in [-0.2, 0) is 10.8 Å². The van der Waals surface area contributed by atoms with E-state index in [0.29, 0.717) is 11.4 Å². The van der Waals surface area contributed by atoms with Crippen molar-refractivity contribution >= 4 is 22.2 Å². The van der Waals surface area contributed by atoms with E-state index in [2.05, 4.69) is 5.32 Å². The SMILES string of the molecule is CCS(=O)C1CCCC(Nc2ccccc2[N+](=O)[O-])C1. The molecule has 0 aromatic heterocycles. The Bertz CT molecular complexity index is 507. The maximum Gasteiger partial charge on any atom is 0.292 e. The van der Waals surface area contributed by atoms with Crippen LogP contribution in [0.4, 0.5) is 11.4 Å². The van der Waals surface area contributed by atoms with Crippen LogP contribution in [0.25, 0.3) is 0 Å². The van der Waals surface area contributed by atoms with Crippen molar-refractivity contribution in [2.45, 2.75) is 43.9 Å². The van der Waals surface area contributed by atoms with E-state index in [1.54, 1.807) is 18.2 Å². The first-order valence-corrected chi connectivity index (χ1v) is 8.37. The summed E-state index contributed by atoms with van der Waals surface area (Å²) in [5.74, 6) is 0.683. The third-order valence-corrected chi connectivity index (χ3v) is 5.48. The number of hydrogen-bond acceptors (Lipinski definition) is 4. The number of nitro groups is 1. The molecule has 3 atom stereocenters. The molecule has 0 heterocycles. The Morgan fingerprint density at radius 2 is 2.15 bits per heavy atom. The van der Waals surface area contributed by atoms with Crippen molar-refractivity contribution in [3.05, 3.63) is 34.4 Å². The van der Waals surface area contributed by atoms with Crippen LogP contribution in [0.5, 0.6) is 0 Å². The highest BCUT2D eigenvalue weighted by molar-refractivity contribution is 7.85. The van der Waals surface area contributed by atoms with Crippen LogP contribution < -0.4 is 5.32 Å². The third-order valence-electron chi connectivity index (χ3n) is 3.74. The molecule has 1 aromatic carbocycles. The Morgan fingerprint density at radius 3 is 2.85 bits per heavy atom. The average Bonchev–Trinajstić information content (AvgIpc) is 2.47. The van der Waals surface area contributed by atoms with Crippen molar-refractivity contribution in [2.24, 2.45) is 0 Å². The first-order valence-electron chi connectivity index (χ1n) is 6.99. The molecule has 0 spiro atoms. The predicted molar refractivity (Wildman–Crippen MR) is 81.4 cm³/mol. The van der Waals surface area contributed by atoms with Crippen LogP contribution in [0.15, 0.2) is 24.3 Å². The molecule has 3 unspecified atom stereocenters. The molecular weight excluding hydrogens is 276 g/mol. The van der Waals surface area contributed by atoms with Gasteiger partial charge in [0.2, 0.25) is 0 Å². The molecule has 5 nitrogen and oxygen atoms in total. The summed E-state index contributed by atoms with van der Waals surface area (Å²) in [4.78, 5) is 10.6. The Balaban J connectivity index is 2.06. The van der Waals surface area contributed by atoms with E-state index in [4.69, 9.17) is 0 Å². The zero-order chi connectivity index (χ0) is 14.5. The molecule has 0 aliphatic heterocycles. The fraction of sp³-hybridized carbons (Fsp3) is 0.571. The van der Waals surface area contributed by atoms with Crippen molar-refractivity contribution in [2.75, 3.05) is 11.1 Å². The van der Waals surface area contributed by atoms with Gasteiger partial charge >= 0.3 is 0 Å². The lowest BCUT2D eigenvalue weighted by molar-refractivity contribution is -0.384. The fourth-order valence-electron chi connectivity index (χ4n) is 2.73. The molecule has 2 rings (SSSR count). The van der Waals surface area contributed by atoms with Gasteiger partial charge in [-0.15, -0.1) is 0 Å². The van der Waals surface area contributed by atoms with Gasteiger partial charge in [0.1, 0.15) is 5.69 Å². The van der Waals surface area contributed by atoms with Crippen molar-refractivity contribution < 1.29 is 9.13 Å². The molecule has 0 amide bonds. The number of para-hydroxylation sites is 2. The zero-order valence-electron chi connectivity index (χ0n) is 11.6. The first-order chi connectivity index (χ1) is 9.61. The van der Waals surface area contributed by atoms with Crippen LogP contribution in [0, 0.1) is 10.1 Å². The number of nitro benzene ring substituents is 1. The minimum Gasteiger partial charge on any atom is -0.377 e. The second-order valence-corrected chi connectivity index (χ2v) is 7.08. The smallest absolute Gasteiger partial charge is 0.292 e. The van der Waals surface area contributed by atoms with Gasteiger partial charge in [-0.05, 0) is 25.3 Å². The van der Waals surface area contributed by atoms with Crippen molar-refractivity contribution in [1.29, 1.82) is 0 Å². The molecule has 1 fully saturated rings. The molecule has 20 heavy (non-hydrogen) atoms. The molecule has 1 aromatic rings. The molecule has 1 aliphatic carbocycles. The standard InChI is InChI=1S/C14H20N2O3S/c1-2-20(19)12-7-5-6-11(10-12)15-13-8-3-4-9-14(13)16(17)18/h3-4,8-9,11-12,15H,2,5-7,10H2,1H3. The largest absolute Gasteiger partial charge is 0.377 e. The van der Waals surface area contributed by atoms with Crippen molar-refractivity contribution in [3.8, 4) is 0 Å². The van der Waals surface area contributed by atoms with Crippen LogP contribution in [0.2, 0.25) is 0 Å². The van der Waals surface area contributed by atoms with Gasteiger partial charge in [0.25, 0.3) is 5.69 Å². The minimum atomic E-state index is -0.780. The number of hydrogen-bond donors (Lipinski definition) is 1. The number of nitrogens with zero attached hydrogens (tertiary/aromatic N) is 1. The van der Waals surface area contributed by atoms with Crippen molar-refractivity contribution in [3.63, 3.8) is 0 Å². The van der Waals surface area contributed by atoms with Gasteiger partial charge in [-0.1, -0.05) is 25.5 Å². The Labute approximate surface area is 121 Å². The van der Waals surface area contributed by atoms with E-state index in [9.17, 15) is 14.3 Å². The van der Waals surface area contributed by atoms with Gasteiger partial charge in [0, 0.05) is 33.9 Å². The van der Waals surface area contributed by atoms with Gasteiger partial charge in [-0.25, -0.2) is 0 Å². The summed E-state index contributed by atoms with van der Waals surface area (Å²) in [6.07, 6.45) is 3.82. The Hall–Kier alpha value is -1.43. The Morgan fingerprint density at radius 1 is 1.40 bits per heavy atom. The Kier molecular flexibility index (Phi) is 5.11. The van der Waals surface area contributed by atoms with Gasteiger partial charge < -0.3 is 5.32 Å². The van der Waals surface area contributed by atoms with Crippen molar-refractivity contribution in [1.82, 2.24) is 0 Å². The lowest BCUT2D eigenvalue weighted by atomic mass is 9.94. The van der Waals surface area contributed by atoms with Crippen LogP contribution in [0.3, 0.4) is 0 Å². The second kappa shape index (κ2) is 6.83. The summed E-state index contributed by atoms with van der Waals surface area (Å²) in [7, 11) is -0.780. The van der Waals surface area contributed by atoms with E-state index in [1.165, 1.54) is 6.07 Å². The maximum absolute atomic E-state index is 11.9. The average molecular weight is 296 g/mol. The molecule has 1 N–H and O–H groups in total. The lowest BCUT2D eigenvalue weighted by Gasteiger charge is -2.29. The fourth-order valence-corrected chi connectivity index (χ4v) is 4.07. The molecular formula is C14H20N2O3S. The van der Waals surface area contributed by atoms with Gasteiger partial charge in [0.05, 0.1) is 4.92 Å². The summed E-state index contributed by atoms with van der Waals surface area (Å²) in [5, 5.41) is 14.5. The topological polar surface area (TPSA) is 72.2 Å². The highest BCUT2D eigenvalue weighted by Gasteiger charge is 2.26. The summed E-state index contributed by atoms with van der Waals surface area (Å²) in [6.45, 7) is 1.94. The number of anilines is 1. The van der Waals surface area contributed by atoms with E-state index < -0.39 is 10.8 Å². The van der Waals surface area contributed by atoms with Gasteiger partial charge in [-0.2, -0.15) is 0 Å². The van der Waals surface area contributed by atoms with E-state index in [1.807, 2.05) is 6.92 Å². The lowest BCUT2D eigenvalue weighted by Crippen LogP contribution is -2.33. The first kappa shape index (κ1) is 15.0. The van der Waals surface area contributed by atoms with E-state index in [0.717, 1.165) is 25.7 Å². The minimum absolute atomic E-state index is 0.103. The summed E-state index contributed by atoms with van der Waals surface area (Å²) >= 11 is 0. The number of rotatable bonds is 5. The number of benzene rings is 1. The molecule has 0 bridgehead atoms. The predicted octanol–water partition coefficient (Wildman–Crippen LogP) is 3.09. The summed E-state index contributed by atoms with van der Waals surface area (Å²) in [6, 6.07) is 6.87. The molecule has 0 radical (unpaired) electrons. The van der Waals surface area contributed by atoms with E-state index in [-0.39, 0.29) is 21.9 Å². The summed E-state index contributed by atoms with van der Waals surface area (Å²) < 4.78 is 11.9. The van der Waals surface area contributed by atoms with Crippen LogP contribution >= 0.6 is 0 Å². The van der Waals surface area contributed by atoms with Gasteiger partial charge in [0.15, 0.2) is 0 Å². The van der Waals surface area contributed by atoms with Crippen LogP contribution in [-0.4, -0.2) is 26.2 Å². The second-order valence-electron chi connectivity index (χ2n) is 5.07. The molecule has 110 valence electrons.